The number of rotatable bonds is 2. The largest absolute Gasteiger partial charge is 0.235 e. The third kappa shape index (κ3) is 3.13. The zero-order chi connectivity index (χ0) is 15.5. The summed E-state index contributed by atoms with van der Waals surface area (Å²) in [4.78, 5) is 4.72. The average Bonchev–Trinajstić information content (AvgIpc) is 2.98. The van der Waals surface area contributed by atoms with Crippen molar-refractivity contribution in [2.45, 2.75) is 39.5 Å². The van der Waals surface area contributed by atoms with Crippen LogP contribution in [0.2, 0.25) is 0 Å². The zero-order valence-electron chi connectivity index (χ0n) is 13.1. The molecule has 3 rings (SSSR count). The predicted molar refractivity (Wildman–Crippen MR) is 92.5 cm³/mol. The minimum atomic E-state index is 0.684. The lowest BCUT2D eigenvalue weighted by atomic mass is 9.84. The highest BCUT2D eigenvalue weighted by Crippen LogP contribution is 2.35. The van der Waals surface area contributed by atoms with E-state index in [2.05, 4.69) is 49.6 Å². The number of allylic oxidation sites excluding steroid dienone is 2. The lowest BCUT2D eigenvalue weighted by Crippen LogP contribution is -2.06. The second-order valence-electron chi connectivity index (χ2n) is 6.20. The maximum atomic E-state index is 9.59. The molecule has 1 atom stereocenters. The van der Waals surface area contributed by atoms with E-state index in [1.54, 1.807) is 11.3 Å². The number of thiazole rings is 1. The van der Waals surface area contributed by atoms with Crippen LogP contribution >= 0.6 is 11.3 Å². The number of benzene rings is 1. The number of aromatic nitrogens is 1. The molecule has 0 unspecified atom stereocenters. The van der Waals surface area contributed by atoms with Gasteiger partial charge in [-0.15, -0.1) is 11.3 Å². The van der Waals surface area contributed by atoms with Gasteiger partial charge >= 0.3 is 0 Å². The van der Waals surface area contributed by atoms with Gasteiger partial charge in [0.05, 0.1) is 11.3 Å². The van der Waals surface area contributed by atoms with Gasteiger partial charge in [0, 0.05) is 10.9 Å². The lowest BCUT2D eigenvalue weighted by molar-refractivity contribution is 0.454. The van der Waals surface area contributed by atoms with Crippen molar-refractivity contribution in [1.82, 2.24) is 4.98 Å². The molecule has 1 aliphatic rings. The summed E-state index contributed by atoms with van der Waals surface area (Å²) >= 11 is 1.58. The Kier molecular flexibility index (Phi) is 4.40. The molecule has 0 aliphatic heterocycles. The molecule has 112 valence electrons. The van der Waals surface area contributed by atoms with Gasteiger partial charge in [0.1, 0.15) is 11.1 Å². The van der Waals surface area contributed by atoms with Gasteiger partial charge in [-0.05, 0) is 37.7 Å². The number of hydrogen-bond acceptors (Lipinski definition) is 3. The molecule has 1 saturated carbocycles. The summed E-state index contributed by atoms with van der Waals surface area (Å²) in [5.41, 5.74) is 5.45. The van der Waals surface area contributed by atoms with E-state index in [-0.39, 0.29) is 0 Å². The Hall–Kier alpha value is -1.92. The fraction of sp³-hybridized carbons (Fsp3) is 0.368. The van der Waals surface area contributed by atoms with Gasteiger partial charge in [-0.3, -0.25) is 0 Å². The summed E-state index contributed by atoms with van der Waals surface area (Å²) in [6, 6.07) is 10.8. The van der Waals surface area contributed by atoms with E-state index in [4.69, 9.17) is 4.98 Å². The van der Waals surface area contributed by atoms with Crippen LogP contribution < -0.4 is 0 Å². The zero-order valence-corrected chi connectivity index (χ0v) is 13.9. The fourth-order valence-electron chi connectivity index (χ4n) is 3.04. The summed E-state index contributed by atoms with van der Waals surface area (Å²) in [6.07, 6.45) is 4.56. The first-order chi connectivity index (χ1) is 10.7. The van der Waals surface area contributed by atoms with E-state index < -0.39 is 0 Å². The van der Waals surface area contributed by atoms with Gasteiger partial charge in [0.15, 0.2) is 0 Å². The van der Waals surface area contributed by atoms with E-state index in [1.807, 2.05) is 0 Å². The third-order valence-corrected chi connectivity index (χ3v) is 5.16. The van der Waals surface area contributed by atoms with Gasteiger partial charge in [-0.25, -0.2) is 4.98 Å². The van der Waals surface area contributed by atoms with Crippen molar-refractivity contribution in [2.24, 2.45) is 5.92 Å². The van der Waals surface area contributed by atoms with Crippen LogP contribution in [0, 0.1) is 24.2 Å². The Labute approximate surface area is 136 Å². The first-order valence-corrected chi connectivity index (χ1v) is 8.70. The third-order valence-electron chi connectivity index (χ3n) is 4.30. The molecule has 3 heteroatoms. The van der Waals surface area contributed by atoms with Crippen LogP contribution in [-0.4, -0.2) is 4.98 Å². The van der Waals surface area contributed by atoms with Crippen LogP contribution in [0.15, 0.2) is 35.2 Å². The molecule has 0 spiro atoms. The van der Waals surface area contributed by atoms with Crippen LogP contribution in [0.25, 0.3) is 16.8 Å². The minimum absolute atomic E-state index is 0.684. The second kappa shape index (κ2) is 6.46. The molecule has 0 radical (unpaired) electrons. The van der Waals surface area contributed by atoms with Crippen LogP contribution in [0.4, 0.5) is 0 Å². The molecule has 1 aromatic carbocycles. The molecule has 0 N–H and O–H groups in total. The van der Waals surface area contributed by atoms with E-state index in [1.165, 1.54) is 24.0 Å². The fourth-order valence-corrected chi connectivity index (χ4v) is 3.91. The quantitative estimate of drug-likeness (QED) is 0.676. The number of nitriles is 1. The SMILES string of the molecule is Cc1ccc(-c2csc(/C(C#N)=C3/CCC[C@H](C)C3)n2)cc1. The van der Waals surface area contributed by atoms with Crippen LogP contribution in [-0.2, 0) is 0 Å². The second-order valence-corrected chi connectivity index (χ2v) is 7.05. The summed E-state index contributed by atoms with van der Waals surface area (Å²) in [5, 5.41) is 12.5. The molecule has 0 saturated heterocycles. The van der Waals surface area contributed by atoms with Crippen LogP contribution in [0.1, 0.15) is 43.2 Å². The summed E-state index contributed by atoms with van der Waals surface area (Å²) in [6.45, 7) is 4.35. The van der Waals surface area contributed by atoms with Crippen LogP contribution in [0.5, 0.6) is 0 Å². The van der Waals surface area contributed by atoms with Crippen LogP contribution in [0.3, 0.4) is 0 Å². The highest BCUT2D eigenvalue weighted by atomic mass is 32.1. The molecule has 1 aliphatic carbocycles. The Morgan fingerprint density at radius 1 is 1.32 bits per heavy atom. The van der Waals surface area contributed by atoms with E-state index in [0.29, 0.717) is 5.92 Å². The van der Waals surface area contributed by atoms with Gasteiger partial charge in [0.2, 0.25) is 0 Å². The first kappa shape index (κ1) is 15.0. The van der Waals surface area contributed by atoms with Crippen molar-refractivity contribution in [2.75, 3.05) is 0 Å². The number of aryl methyl sites for hydroxylation is 1. The van der Waals surface area contributed by atoms with Crippen molar-refractivity contribution < 1.29 is 0 Å². The molecule has 0 bridgehead atoms. The molecule has 22 heavy (non-hydrogen) atoms. The maximum Gasteiger partial charge on any atom is 0.134 e. The normalized spacial score (nSPS) is 20.5. The van der Waals surface area contributed by atoms with E-state index >= 15 is 0 Å². The van der Waals surface area contributed by atoms with Gasteiger partial charge in [-0.2, -0.15) is 5.26 Å². The van der Waals surface area contributed by atoms with Crippen molar-refractivity contribution in [1.29, 1.82) is 5.26 Å². The summed E-state index contributed by atoms with van der Waals surface area (Å²) < 4.78 is 0. The number of hydrogen-bond donors (Lipinski definition) is 0. The van der Waals surface area contributed by atoms with Crippen molar-refractivity contribution in [3.05, 3.63) is 45.8 Å². The van der Waals surface area contributed by atoms with Gasteiger partial charge in [0.25, 0.3) is 0 Å². The molecule has 2 nitrogen and oxygen atoms in total. The Morgan fingerprint density at radius 2 is 2.09 bits per heavy atom. The topological polar surface area (TPSA) is 36.7 Å². The molecular weight excluding hydrogens is 288 g/mol. The van der Waals surface area contributed by atoms with Gasteiger partial charge in [-0.1, -0.05) is 43.2 Å². The highest BCUT2D eigenvalue weighted by molar-refractivity contribution is 7.11. The molecule has 2 aromatic rings. The lowest BCUT2D eigenvalue weighted by Gasteiger charge is -2.21. The standard InChI is InChI=1S/C19H20N2S/c1-13-6-8-15(9-7-13)18-12-22-19(21-18)17(11-20)16-5-3-4-14(2)10-16/h6-9,12,14H,3-5,10H2,1-2H3/b17-16-/t14-/m0/s1. The summed E-state index contributed by atoms with van der Waals surface area (Å²) in [7, 11) is 0. The monoisotopic (exact) mass is 308 g/mol. The van der Waals surface area contributed by atoms with Gasteiger partial charge < -0.3 is 0 Å². The first-order valence-electron chi connectivity index (χ1n) is 7.82. The maximum absolute atomic E-state index is 9.59. The number of nitrogens with zero attached hydrogens (tertiary/aromatic N) is 2. The van der Waals surface area contributed by atoms with Crippen molar-refractivity contribution in [3.63, 3.8) is 0 Å². The molecule has 1 fully saturated rings. The minimum Gasteiger partial charge on any atom is -0.235 e. The molecular formula is C19H20N2S. The average molecular weight is 308 g/mol. The molecule has 1 heterocycles. The van der Waals surface area contributed by atoms with E-state index in [0.717, 1.165) is 34.7 Å². The van der Waals surface area contributed by atoms with Crippen molar-refractivity contribution in [3.8, 4) is 17.3 Å². The smallest absolute Gasteiger partial charge is 0.134 e. The van der Waals surface area contributed by atoms with Crippen molar-refractivity contribution >= 4 is 16.9 Å². The molecule has 0 amide bonds. The predicted octanol–water partition coefficient (Wildman–Crippen LogP) is 5.61. The van der Waals surface area contributed by atoms with E-state index in [9.17, 15) is 5.26 Å². The Bertz CT molecular complexity index is 732. The summed E-state index contributed by atoms with van der Waals surface area (Å²) in [5.74, 6) is 0.684. The highest BCUT2D eigenvalue weighted by Gasteiger charge is 2.19. The Balaban J connectivity index is 1.93. The molecule has 1 aromatic heterocycles. The Morgan fingerprint density at radius 3 is 2.77 bits per heavy atom.